The van der Waals surface area contributed by atoms with Crippen LogP contribution in [-0.4, -0.2) is 30.6 Å². The molecule has 0 aliphatic heterocycles. The molecule has 0 saturated heterocycles. The fraction of sp³-hybridized carbons (Fsp3) is 0.579. The second-order valence-electron chi connectivity index (χ2n) is 6.62. The van der Waals surface area contributed by atoms with Gasteiger partial charge in [0.05, 0.1) is 0 Å². The molecule has 0 unspecified atom stereocenters. The highest BCUT2D eigenvalue weighted by Crippen LogP contribution is 2.29. The molecule has 1 amide bonds. The Hall–Kier alpha value is -2.04. The minimum Gasteiger partial charge on any atom is -0.482 e. The predicted octanol–water partition coefficient (Wildman–Crippen LogP) is 2.94. The van der Waals surface area contributed by atoms with E-state index in [0.717, 1.165) is 12.8 Å². The van der Waals surface area contributed by atoms with Crippen LogP contribution in [0.25, 0.3) is 0 Å². The normalized spacial score (nSPS) is 24.7. The fourth-order valence-electron chi connectivity index (χ4n) is 3.03. The number of amides is 1. The van der Waals surface area contributed by atoms with Crippen LogP contribution in [0.2, 0.25) is 0 Å². The van der Waals surface area contributed by atoms with Crippen molar-refractivity contribution in [1.82, 2.24) is 5.32 Å². The van der Waals surface area contributed by atoms with Crippen molar-refractivity contribution in [2.24, 2.45) is 11.8 Å². The number of nitrogens with one attached hydrogen (secondary N) is 1. The summed E-state index contributed by atoms with van der Waals surface area (Å²) < 4.78 is 10.5. The molecular weight excluding hydrogens is 306 g/mol. The maximum absolute atomic E-state index is 12.2. The molecule has 1 aromatic rings. The van der Waals surface area contributed by atoms with Gasteiger partial charge in [-0.25, -0.2) is 4.79 Å². The molecule has 1 aromatic carbocycles. The van der Waals surface area contributed by atoms with Crippen molar-refractivity contribution in [2.45, 2.75) is 52.2 Å². The van der Waals surface area contributed by atoms with Gasteiger partial charge in [0.2, 0.25) is 0 Å². The lowest BCUT2D eigenvalue weighted by atomic mass is 9.78. The second-order valence-corrected chi connectivity index (χ2v) is 6.62. The van der Waals surface area contributed by atoms with Gasteiger partial charge in [0.15, 0.2) is 12.7 Å². The maximum Gasteiger partial charge on any atom is 0.344 e. The molecule has 1 saturated carbocycles. The molecule has 0 radical (unpaired) electrons. The zero-order valence-electron chi connectivity index (χ0n) is 14.7. The van der Waals surface area contributed by atoms with E-state index in [1.165, 1.54) is 6.42 Å². The van der Waals surface area contributed by atoms with E-state index < -0.39 is 12.1 Å². The molecule has 4 atom stereocenters. The standard InChI is InChI=1S/C19H27NO4/c1-13-8-7-11-17(14(13)2)20-19(22)15(3)24-18(21)12-23-16-9-5-4-6-10-16/h4-6,9-10,13-15,17H,7-8,11-12H2,1-3H3,(H,20,22)/t13-,14-,15-,17-/m1/s1. The molecule has 5 heteroatoms. The topological polar surface area (TPSA) is 64.6 Å². The Bertz CT molecular complexity index is 546. The minimum atomic E-state index is -0.818. The Morgan fingerprint density at radius 1 is 1.21 bits per heavy atom. The summed E-state index contributed by atoms with van der Waals surface area (Å²) in [5.74, 6) is 0.838. The summed E-state index contributed by atoms with van der Waals surface area (Å²) in [6.45, 7) is 5.76. The smallest absolute Gasteiger partial charge is 0.344 e. The number of hydrogen-bond acceptors (Lipinski definition) is 4. The first-order valence-electron chi connectivity index (χ1n) is 8.65. The van der Waals surface area contributed by atoms with Crippen LogP contribution in [0.5, 0.6) is 5.75 Å². The molecule has 1 N–H and O–H groups in total. The number of carbonyl (C=O) groups excluding carboxylic acids is 2. The third-order valence-corrected chi connectivity index (χ3v) is 4.81. The summed E-state index contributed by atoms with van der Waals surface area (Å²) in [4.78, 5) is 24.1. The van der Waals surface area contributed by atoms with Gasteiger partial charge in [-0.3, -0.25) is 4.79 Å². The lowest BCUT2D eigenvalue weighted by molar-refractivity contribution is -0.157. The average Bonchev–Trinajstić information content (AvgIpc) is 2.58. The molecule has 0 aromatic heterocycles. The summed E-state index contributed by atoms with van der Waals surface area (Å²) in [5.41, 5.74) is 0. The summed E-state index contributed by atoms with van der Waals surface area (Å²) in [6.07, 6.45) is 2.49. The summed E-state index contributed by atoms with van der Waals surface area (Å²) in [7, 11) is 0. The highest BCUT2D eigenvalue weighted by molar-refractivity contribution is 5.83. The lowest BCUT2D eigenvalue weighted by Gasteiger charge is -2.35. The number of ether oxygens (including phenoxy) is 2. The molecule has 1 aliphatic rings. The first-order valence-corrected chi connectivity index (χ1v) is 8.65. The third kappa shape index (κ3) is 5.25. The SMILES string of the molecule is C[C@@H]1[C@H](C)CCC[C@H]1NC(=O)[C@@H](C)OC(=O)COc1ccccc1. The lowest BCUT2D eigenvalue weighted by Crippen LogP contribution is -2.47. The van der Waals surface area contributed by atoms with Crippen molar-refractivity contribution in [3.63, 3.8) is 0 Å². The van der Waals surface area contributed by atoms with Crippen molar-refractivity contribution < 1.29 is 19.1 Å². The first-order chi connectivity index (χ1) is 11.5. The predicted molar refractivity (Wildman–Crippen MR) is 91.6 cm³/mol. The molecule has 24 heavy (non-hydrogen) atoms. The van der Waals surface area contributed by atoms with E-state index in [2.05, 4.69) is 19.2 Å². The van der Waals surface area contributed by atoms with Gasteiger partial charge in [0.1, 0.15) is 5.75 Å². The quantitative estimate of drug-likeness (QED) is 0.813. The van der Waals surface area contributed by atoms with E-state index in [1.807, 2.05) is 18.2 Å². The largest absolute Gasteiger partial charge is 0.482 e. The Balaban J connectivity index is 1.75. The van der Waals surface area contributed by atoms with E-state index in [-0.39, 0.29) is 18.6 Å². The summed E-state index contributed by atoms with van der Waals surface area (Å²) >= 11 is 0. The van der Waals surface area contributed by atoms with Crippen LogP contribution in [0.15, 0.2) is 30.3 Å². The molecule has 2 rings (SSSR count). The third-order valence-electron chi connectivity index (χ3n) is 4.81. The van der Waals surface area contributed by atoms with Crippen molar-refractivity contribution in [3.8, 4) is 5.75 Å². The molecule has 0 heterocycles. The number of esters is 1. The van der Waals surface area contributed by atoms with Crippen LogP contribution < -0.4 is 10.1 Å². The van der Waals surface area contributed by atoms with Gasteiger partial charge in [-0.05, 0) is 37.3 Å². The molecule has 1 fully saturated rings. The highest BCUT2D eigenvalue weighted by Gasteiger charge is 2.30. The first kappa shape index (κ1) is 18.3. The fourth-order valence-corrected chi connectivity index (χ4v) is 3.03. The number of para-hydroxylation sites is 1. The van der Waals surface area contributed by atoms with Crippen molar-refractivity contribution >= 4 is 11.9 Å². The van der Waals surface area contributed by atoms with Gasteiger partial charge in [0, 0.05) is 6.04 Å². The summed E-state index contributed by atoms with van der Waals surface area (Å²) in [5, 5.41) is 3.02. The Morgan fingerprint density at radius 3 is 2.62 bits per heavy atom. The number of carbonyl (C=O) groups is 2. The Labute approximate surface area is 143 Å². The zero-order chi connectivity index (χ0) is 17.5. The van der Waals surface area contributed by atoms with Gasteiger partial charge in [-0.15, -0.1) is 0 Å². The average molecular weight is 333 g/mol. The van der Waals surface area contributed by atoms with Crippen LogP contribution >= 0.6 is 0 Å². The van der Waals surface area contributed by atoms with Gasteiger partial charge in [-0.1, -0.05) is 44.9 Å². The van der Waals surface area contributed by atoms with E-state index in [4.69, 9.17) is 9.47 Å². The van der Waals surface area contributed by atoms with Crippen LogP contribution in [0, 0.1) is 11.8 Å². The van der Waals surface area contributed by atoms with Gasteiger partial charge < -0.3 is 14.8 Å². The van der Waals surface area contributed by atoms with Crippen molar-refractivity contribution in [2.75, 3.05) is 6.61 Å². The molecule has 132 valence electrons. The van der Waals surface area contributed by atoms with E-state index in [1.54, 1.807) is 19.1 Å². The minimum absolute atomic E-state index is 0.156. The molecule has 1 aliphatic carbocycles. The van der Waals surface area contributed by atoms with E-state index >= 15 is 0 Å². The van der Waals surface area contributed by atoms with Gasteiger partial charge in [0.25, 0.3) is 5.91 Å². The second kappa shape index (κ2) is 8.71. The van der Waals surface area contributed by atoms with E-state index in [9.17, 15) is 9.59 Å². The van der Waals surface area contributed by atoms with Crippen molar-refractivity contribution in [1.29, 1.82) is 0 Å². The summed E-state index contributed by atoms with van der Waals surface area (Å²) in [6, 6.07) is 9.18. The zero-order valence-corrected chi connectivity index (χ0v) is 14.7. The van der Waals surface area contributed by atoms with Crippen LogP contribution in [0.1, 0.15) is 40.0 Å². The number of benzene rings is 1. The molecular formula is C19H27NO4. The Kier molecular flexibility index (Phi) is 6.64. The Morgan fingerprint density at radius 2 is 1.92 bits per heavy atom. The monoisotopic (exact) mass is 333 g/mol. The van der Waals surface area contributed by atoms with Gasteiger partial charge >= 0.3 is 5.97 Å². The molecule has 0 bridgehead atoms. The van der Waals surface area contributed by atoms with Crippen molar-refractivity contribution in [3.05, 3.63) is 30.3 Å². The maximum atomic E-state index is 12.2. The van der Waals surface area contributed by atoms with E-state index in [0.29, 0.717) is 17.6 Å². The van der Waals surface area contributed by atoms with Crippen LogP contribution in [-0.2, 0) is 14.3 Å². The molecule has 5 nitrogen and oxygen atoms in total. The number of rotatable bonds is 6. The number of hydrogen-bond donors (Lipinski definition) is 1. The highest BCUT2D eigenvalue weighted by atomic mass is 16.6. The van der Waals surface area contributed by atoms with Gasteiger partial charge in [-0.2, -0.15) is 0 Å². The van der Waals surface area contributed by atoms with Crippen LogP contribution in [0.4, 0.5) is 0 Å². The molecule has 0 spiro atoms. The van der Waals surface area contributed by atoms with Crippen LogP contribution in [0.3, 0.4) is 0 Å².